The van der Waals surface area contributed by atoms with Crippen LogP contribution in [0.4, 0.5) is 0 Å². The Kier molecular flexibility index (Phi) is 4.38. The molecule has 1 aromatic heterocycles. The molecule has 0 bridgehead atoms. The van der Waals surface area contributed by atoms with E-state index in [9.17, 15) is 0 Å². The highest BCUT2D eigenvalue weighted by atomic mass is 32.1. The maximum absolute atomic E-state index is 5.56. The summed E-state index contributed by atoms with van der Waals surface area (Å²) in [6.07, 6.45) is 4.01. The first-order chi connectivity index (χ1) is 7.78. The van der Waals surface area contributed by atoms with Gasteiger partial charge in [0.2, 0.25) is 0 Å². The number of thiophene rings is 1. The summed E-state index contributed by atoms with van der Waals surface area (Å²) in [5.41, 5.74) is 1.45. The summed E-state index contributed by atoms with van der Waals surface area (Å²) in [5.74, 6) is 0. The topological polar surface area (TPSA) is 21.3 Å². The van der Waals surface area contributed by atoms with Gasteiger partial charge in [0.05, 0.1) is 6.10 Å². The van der Waals surface area contributed by atoms with Crippen LogP contribution in [0.1, 0.15) is 32.3 Å². The van der Waals surface area contributed by atoms with Gasteiger partial charge in [0.25, 0.3) is 0 Å². The zero-order chi connectivity index (χ0) is 11.4. The maximum atomic E-state index is 5.56. The predicted molar refractivity (Wildman–Crippen MR) is 69.1 cm³/mol. The molecule has 1 aliphatic rings. The molecule has 1 N–H and O–H groups in total. The van der Waals surface area contributed by atoms with Crippen molar-refractivity contribution in [1.29, 1.82) is 0 Å². The van der Waals surface area contributed by atoms with Crippen molar-refractivity contribution < 1.29 is 4.74 Å². The van der Waals surface area contributed by atoms with Crippen LogP contribution in [0.25, 0.3) is 0 Å². The van der Waals surface area contributed by atoms with Gasteiger partial charge in [-0.1, -0.05) is 0 Å². The molecule has 1 fully saturated rings. The minimum atomic E-state index is 0.510. The summed E-state index contributed by atoms with van der Waals surface area (Å²) in [5, 5.41) is 8.05. The largest absolute Gasteiger partial charge is 0.378 e. The average Bonchev–Trinajstić information content (AvgIpc) is 2.67. The van der Waals surface area contributed by atoms with Crippen LogP contribution in [0, 0.1) is 0 Å². The molecule has 16 heavy (non-hydrogen) atoms. The molecule has 90 valence electrons. The molecular formula is C13H21NOS. The zero-order valence-electron chi connectivity index (χ0n) is 10.1. The lowest BCUT2D eigenvalue weighted by molar-refractivity contribution is -0.0119. The number of rotatable bonds is 6. The Hall–Kier alpha value is -0.380. The summed E-state index contributed by atoms with van der Waals surface area (Å²) in [6, 6.07) is 3.46. The van der Waals surface area contributed by atoms with Crippen LogP contribution >= 0.6 is 11.3 Å². The lowest BCUT2D eigenvalue weighted by Crippen LogP contribution is -2.49. The third kappa shape index (κ3) is 3.30. The van der Waals surface area contributed by atoms with Crippen molar-refractivity contribution >= 4 is 11.3 Å². The smallest absolute Gasteiger partial charge is 0.0604 e. The van der Waals surface area contributed by atoms with Crippen molar-refractivity contribution in [3.05, 3.63) is 22.4 Å². The van der Waals surface area contributed by atoms with E-state index in [4.69, 9.17) is 4.74 Å². The van der Waals surface area contributed by atoms with Crippen molar-refractivity contribution in [2.75, 3.05) is 6.61 Å². The summed E-state index contributed by atoms with van der Waals surface area (Å²) in [4.78, 5) is 0. The normalized spacial score (nSPS) is 26.4. The van der Waals surface area contributed by atoms with Crippen LogP contribution in [0.5, 0.6) is 0 Å². The fraction of sp³-hybridized carbons (Fsp3) is 0.692. The van der Waals surface area contributed by atoms with Gasteiger partial charge < -0.3 is 10.1 Å². The summed E-state index contributed by atoms with van der Waals surface area (Å²) in [7, 11) is 0. The number of hydrogen-bond acceptors (Lipinski definition) is 3. The van der Waals surface area contributed by atoms with Crippen LogP contribution in [0.15, 0.2) is 16.8 Å². The van der Waals surface area contributed by atoms with E-state index in [2.05, 4.69) is 36.0 Å². The van der Waals surface area contributed by atoms with Gasteiger partial charge in [-0.2, -0.15) is 11.3 Å². The summed E-state index contributed by atoms with van der Waals surface area (Å²) >= 11 is 1.78. The van der Waals surface area contributed by atoms with Crippen molar-refractivity contribution in [2.45, 2.75) is 51.3 Å². The number of ether oxygens (including phenoxy) is 1. The molecular weight excluding hydrogens is 218 g/mol. The summed E-state index contributed by atoms with van der Waals surface area (Å²) < 4.78 is 5.56. The van der Waals surface area contributed by atoms with Crippen molar-refractivity contribution in [1.82, 2.24) is 5.32 Å². The SMILES string of the molecule is CCOC1CC(NC(C)Cc2ccsc2)C1. The molecule has 1 unspecified atom stereocenters. The molecule has 0 spiro atoms. The highest BCUT2D eigenvalue weighted by Crippen LogP contribution is 2.24. The Morgan fingerprint density at radius 2 is 2.38 bits per heavy atom. The van der Waals surface area contributed by atoms with Gasteiger partial charge in [0.15, 0.2) is 0 Å². The Balaban J connectivity index is 1.64. The Morgan fingerprint density at radius 3 is 3.00 bits per heavy atom. The molecule has 1 atom stereocenters. The molecule has 1 aliphatic carbocycles. The molecule has 2 nitrogen and oxygen atoms in total. The first kappa shape index (κ1) is 12.1. The van der Waals surface area contributed by atoms with Crippen LogP contribution in [0.2, 0.25) is 0 Å². The van der Waals surface area contributed by atoms with Gasteiger partial charge in [-0.3, -0.25) is 0 Å². The number of hydrogen-bond donors (Lipinski definition) is 1. The predicted octanol–water partition coefficient (Wildman–Crippen LogP) is 2.84. The molecule has 0 radical (unpaired) electrons. The molecule has 0 aromatic carbocycles. The van der Waals surface area contributed by atoms with E-state index in [0.717, 1.165) is 13.0 Å². The van der Waals surface area contributed by atoms with Gasteiger partial charge in [-0.15, -0.1) is 0 Å². The lowest BCUT2D eigenvalue weighted by Gasteiger charge is -2.37. The molecule has 0 amide bonds. The van der Waals surface area contributed by atoms with Gasteiger partial charge >= 0.3 is 0 Å². The van der Waals surface area contributed by atoms with Gasteiger partial charge in [0, 0.05) is 18.7 Å². The van der Waals surface area contributed by atoms with E-state index >= 15 is 0 Å². The zero-order valence-corrected chi connectivity index (χ0v) is 10.9. The summed E-state index contributed by atoms with van der Waals surface area (Å²) in [6.45, 7) is 5.19. The molecule has 1 aromatic rings. The average molecular weight is 239 g/mol. The third-order valence-corrected chi connectivity index (χ3v) is 3.87. The van der Waals surface area contributed by atoms with E-state index in [-0.39, 0.29) is 0 Å². The monoisotopic (exact) mass is 239 g/mol. The van der Waals surface area contributed by atoms with Crippen molar-refractivity contribution in [3.8, 4) is 0 Å². The van der Waals surface area contributed by atoms with E-state index in [1.54, 1.807) is 11.3 Å². The van der Waals surface area contributed by atoms with Gasteiger partial charge in [-0.25, -0.2) is 0 Å². The molecule has 1 heterocycles. The Bertz CT molecular complexity index is 293. The standard InChI is InChI=1S/C13H21NOS/c1-3-15-13-7-12(8-13)14-10(2)6-11-4-5-16-9-11/h4-5,9-10,12-14H,3,6-8H2,1-2H3. The molecule has 2 rings (SSSR count). The van der Waals surface area contributed by atoms with Crippen LogP contribution < -0.4 is 5.32 Å². The lowest BCUT2D eigenvalue weighted by atomic mass is 9.88. The molecule has 0 saturated heterocycles. The minimum Gasteiger partial charge on any atom is -0.378 e. The highest BCUT2D eigenvalue weighted by Gasteiger charge is 2.29. The quantitative estimate of drug-likeness (QED) is 0.824. The van der Waals surface area contributed by atoms with Crippen LogP contribution in [-0.4, -0.2) is 24.8 Å². The van der Waals surface area contributed by atoms with E-state index in [1.807, 2.05) is 0 Å². The first-order valence-electron chi connectivity index (χ1n) is 6.16. The second kappa shape index (κ2) is 5.80. The van der Waals surface area contributed by atoms with Gasteiger partial charge in [-0.05, 0) is 55.5 Å². The third-order valence-electron chi connectivity index (χ3n) is 3.14. The first-order valence-corrected chi connectivity index (χ1v) is 7.11. The van der Waals surface area contributed by atoms with E-state index < -0.39 is 0 Å². The highest BCUT2D eigenvalue weighted by molar-refractivity contribution is 7.07. The molecule has 1 saturated carbocycles. The Morgan fingerprint density at radius 1 is 1.56 bits per heavy atom. The fourth-order valence-electron chi connectivity index (χ4n) is 2.30. The van der Waals surface area contributed by atoms with E-state index in [0.29, 0.717) is 18.2 Å². The maximum Gasteiger partial charge on any atom is 0.0604 e. The van der Waals surface area contributed by atoms with E-state index in [1.165, 1.54) is 18.4 Å². The second-order valence-electron chi connectivity index (χ2n) is 4.65. The molecule has 0 aliphatic heterocycles. The van der Waals surface area contributed by atoms with Crippen molar-refractivity contribution in [2.24, 2.45) is 0 Å². The van der Waals surface area contributed by atoms with Crippen LogP contribution in [-0.2, 0) is 11.2 Å². The number of nitrogens with one attached hydrogen (secondary N) is 1. The Labute approximate surface area is 102 Å². The fourth-order valence-corrected chi connectivity index (χ4v) is 2.98. The van der Waals surface area contributed by atoms with Gasteiger partial charge in [0.1, 0.15) is 0 Å². The van der Waals surface area contributed by atoms with Crippen molar-refractivity contribution in [3.63, 3.8) is 0 Å². The molecule has 3 heteroatoms. The van der Waals surface area contributed by atoms with Crippen LogP contribution in [0.3, 0.4) is 0 Å². The second-order valence-corrected chi connectivity index (χ2v) is 5.43. The minimum absolute atomic E-state index is 0.510.